The van der Waals surface area contributed by atoms with E-state index in [4.69, 9.17) is 19.6 Å². The molecule has 0 radical (unpaired) electrons. The van der Waals surface area contributed by atoms with E-state index < -0.39 is 11.6 Å². The lowest BCUT2D eigenvalue weighted by atomic mass is 9.84. The minimum Gasteiger partial charge on any atom is -0.494 e. The topological polar surface area (TPSA) is 92.2 Å². The number of hydrogen-bond donors (Lipinski definition) is 3. The predicted molar refractivity (Wildman–Crippen MR) is 189 cm³/mol. The van der Waals surface area contributed by atoms with Crippen molar-refractivity contribution in [2.24, 2.45) is 10.4 Å². The highest BCUT2D eigenvalue weighted by Crippen LogP contribution is 2.43. The molecular weight excluding hydrogens is 586 g/mol. The number of benzene rings is 4. The maximum Gasteiger partial charge on any atom is 0.266 e. The van der Waals surface area contributed by atoms with E-state index in [0.717, 1.165) is 34.2 Å². The van der Waals surface area contributed by atoms with Crippen molar-refractivity contribution in [1.82, 2.24) is 10.9 Å². The first-order valence-corrected chi connectivity index (χ1v) is 16.3. The molecule has 1 heterocycles. The first-order chi connectivity index (χ1) is 22.8. The van der Waals surface area contributed by atoms with Crippen LogP contribution in [-0.4, -0.2) is 42.2 Å². The number of carbonyl (C=O) groups excluding carboxylic acids is 1. The van der Waals surface area contributed by atoms with E-state index in [1.165, 1.54) is 0 Å². The molecule has 4 aromatic carbocycles. The summed E-state index contributed by atoms with van der Waals surface area (Å²) in [6.07, 6.45) is 5.09. The summed E-state index contributed by atoms with van der Waals surface area (Å²) in [4.78, 5) is 19.5. The SMILES string of the molecule is CC(C)(C)CCNNC(=O)[C@@]1(C/C=C/c2ccccc2)N=C(c2ccc(OCCCO)cc2)O[C@H]1c1ccc(-c2ccccc2)cc1. The summed E-state index contributed by atoms with van der Waals surface area (Å²) >= 11 is 0. The van der Waals surface area contributed by atoms with E-state index in [1.54, 1.807) is 0 Å². The summed E-state index contributed by atoms with van der Waals surface area (Å²) in [5, 5.41) is 9.09. The standard InChI is InChI=1S/C40H45N3O4/c1-39(2,3)26-27-41-43-38(45)40(25-10-14-30-12-6-4-7-13-30)36(33-19-17-32(18-20-33)31-15-8-5-9-16-31)47-37(42-40)34-21-23-35(24-22-34)46-29-11-28-44/h4-10,12-24,36,41,44H,11,25-29H2,1-3H3,(H,43,45)/b14-10+/t36-,40-/m0/s1. The molecule has 5 rings (SSSR count). The highest BCUT2D eigenvalue weighted by molar-refractivity contribution is 6.01. The molecule has 0 fully saturated rings. The van der Waals surface area contributed by atoms with E-state index >= 15 is 0 Å². The van der Waals surface area contributed by atoms with Crippen molar-refractivity contribution in [2.45, 2.75) is 51.7 Å². The second-order valence-electron chi connectivity index (χ2n) is 13.0. The van der Waals surface area contributed by atoms with Gasteiger partial charge in [-0.1, -0.05) is 118 Å². The Balaban J connectivity index is 1.51. The molecule has 1 aliphatic rings. The van der Waals surface area contributed by atoms with Crippen molar-refractivity contribution in [1.29, 1.82) is 0 Å². The van der Waals surface area contributed by atoms with Crippen molar-refractivity contribution < 1.29 is 19.4 Å². The highest BCUT2D eigenvalue weighted by atomic mass is 16.5. The molecule has 0 unspecified atom stereocenters. The molecule has 0 aromatic heterocycles. The molecule has 4 aromatic rings. The zero-order valence-corrected chi connectivity index (χ0v) is 27.5. The predicted octanol–water partition coefficient (Wildman–Crippen LogP) is 7.53. The minimum absolute atomic E-state index is 0.0738. The Morgan fingerprint density at radius 1 is 0.894 bits per heavy atom. The number of hydrogen-bond acceptors (Lipinski definition) is 6. The van der Waals surface area contributed by atoms with Crippen LogP contribution in [0.3, 0.4) is 0 Å². The average Bonchev–Trinajstić information content (AvgIpc) is 3.48. The number of aliphatic hydroxyl groups excluding tert-OH is 1. The number of aliphatic imine (C=N–C) groups is 1. The Hall–Kier alpha value is -4.72. The van der Waals surface area contributed by atoms with E-state index in [2.05, 4.69) is 55.9 Å². The molecule has 0 spiro atoms. The largest absolute Gasteiger partial charge is 0.494 e. The number of carbonyl (C=O) groups is 1. The summed E-state index contributed by atoms with van der Waals surface area (Å²) in [7, 11) is 0. The fourth-order valence-electron chi connectivity index (χ4n) is 5.42. The van der Waals surface area contributed by atoms with Gasteiger partial charge in [-0.25, -0.2) is 10.4 Å². The molecule has 1 aliphatic heterocycles. The van der Waals surface area contributed by atoms with Gasteiger partial charge in [-0.2, -0.15) is 0 Å². The maximum absolute atomic E-state index is 14.3. The summed E-state index contributed by atoms with van der Waals surface area (Å²) < 4.78 is 12.4. The lowest BCUT2D eigenvalue weighted by Crippen LogP contribution is -2.52. The fraction of sp³-hybridized carbons (Fsp3) is 0.300. The summed E-state index contributed by atoms with van der Waals surface area (Å²) in [6, 6.07) is 35.9. The molecule has 3 N–H and O–H groups in total. The quantitative estimate of drug-likeness (QED) is 0.0989. The lowest BCUT2D eigenvalue weighted by Gasteiger charge is -2.30. The number of hydrazine groups is 1. The molecule has 0 bridgehead atoms. The second-order valence-corrected chi connectivity index (χ2v) is 13.0. The molecule has 0 saturated heterocycles. The van der Waals surface area contributed by atoms with Crippen LogP contribution in [0, 0.1) is 5.41 Å². The average molecular weight is 632 g/mol. The number of nitrogens with zero attached hydrogens (tertiary/aromatic N) is 1. The third kappa shape index (κ3) is 8.97. The second kappa shape index (κ2) is 15.7. The van der Waals surface area contributed by atoms with Gasteiger partial charge >= 0.3 is 0 Å². The van der Waals surface area contributed by atoms with Crippen molar-refractivity contribution in [2.75, 3.05) is 19.8 Å². The van der Waals surface area contributed by atoms with Gasteiger partial charge in [0, 0.05) is 31.6 Å². The first-order valence-electron chi connectivity index (χ1n) is 16.3. The van der Waals surface area contributed by atoms with Crippen LogP contribution in [0.15, 0.2) is 120 Å². The highest BCUT2D eigenvalue weighted by Gasteiger charge is 2.52. The first kappa shape index (κ1) is 33.6. The number of nitrogens with one attached hydrogen (secondary N) is 2. The normalized spacial score (nSPS) is 17.7. The summed E-state index contributed by atoms with van der Waals surface area (Å²) in [5.74, 6) is 0.814. The molecule has 7 heteroatoms. The van der Waals surface area contributed by atoms with Gasteiger partial charge in [0.2, 0.25) is 5.90 Å². The van der Waals surface area contributed by atoms with Gasteiger partial charge in [-0.3, -0.25) is 10.2 Å². The third-order valence-electron chi connectivity index (χ3n) is 8.09. The molecule has 244 valence electrons. The summed E-state index contributed by atoms with van der Waals surface area (Å²) in [5.41, 5.74) is 9.79. The van der Waals surface area contributed by atoms with E-state index in [0.29, 0.717) is 37.6 Å². The zero-order valence-electron chi connectivity index (χ0n) is 27.5. The van der Waals surface area contributed by atoms with E-state index in [9.17, 15) is 4.79 Å². The Morgan fingerprint density at radius 2 is 1.53 bits per heavy atom. The van der Waals surface area contributed by atoms with Crippen LogP contribution in [-0.2, 0) is 9.53 Å². The van der Waals surface area contributed by atoms with E-state index in [-0.39, 0.29) is 17.9 Å². The van der Waals surface area contributed by atoms with Gasteiger partial charge in [0.05, 0.1) is 6.61 Å². The van der Waals surface area contributed by atoms with E-state index in [1.807, 2.05) is 97.1 Å². The van der Waals surface area contributed by atoms with Gasteiger partial charge < -0.3 is 14.6 Å². The number of ether oxygens (including phenoxy) is 2. The van der Waals surface area contributed by atoms with Crippen LogP contribution in [0.4, 0.5) is 0 Å². The number of amides is 1. The third-order valence-corrected chi connectivity index (χ3v) is 8.09. The Bertz CT molecular complexity index is 1630. The van der Waals surface area contributed by atoms with Crippen molar-refractivity contribution >= 4 is 17.9 Å². The van der Waals surface area contributed by atoms with Crippen LogP contribution >= 0.6 is 0 Å². The van der Waals surface area contributed by atoms with Crippen LogP contribution in [0.25, 0.3) is 17.2 Å². The molecule has 7 nitrogen and oxygen atoms in total. The number of aliphatic hydroxyl groups is 1. The van der Waals surface area contributed by atoms with Gasteiger partial charge in [-0.15, -0.1) is 0 Å². The lowest BCUT2D eigenvalue weighted by molar-refractivity contribution is -0.129. The van der Waals surface area contributed by atoms with Gasteiger partial charge in [0.1, 0.15) is 5.75 Å². The molecular formula is C40H45N3O4. The van der Waals surface area contributed by atoms with Crippen LogP contribution in [0.1, 0.15) is 62.8 Å². The molecule has 0 saturated carbocycles. The van der Waals surface area contributed by atoms with Gasteiger partial charge in [0.15, 0.2) is 11.6 Å². The Morgan fingerprint density at radius 3 is 2.19 bits per heavy atom. The van der Waals surface area contributed by atoms with Gasteiger partial charge in [0.25, 0.3) is 5.91 Å². The van der Waals surface area contributed by atoms with Crippen LogP contribution in [0.2, 0.25) is 0 Å². The van der Waals surface area contributed by atoms with Crippen molar-refractivity contribution in [3.8, 4) is 16.9 Å². The molecule has 47 heavy (non-hydrogen) atoms. The Labute approximate surface area is 278 Å². The van der Waals surface area contributed by atoms with Gasteiger partial charge in [-0.05, 0) is 58.4 Å². The van der Waals surface area contributed by atoms with Crippen molar-refractivity contribution in [3.63, 3.8) is 0 Å². The monoisotopic (exact) mass is 631 g/mol. The Kier molecular flexibility index (Phi) is 11.2. The van der Waals surface area contributed by atoms with Crippen molar-refractivity contribution in [3.05, 3.63) is 132 Å². The van der Waals surface area contributed by atoms with Crippen LogP contribution < -0.4 is 15.6 Å². The smallest absolute Gasteiger partial charge is 0.266 e. The molecule has 1 amide bonds. The van der Waals surface area contributed by atoms with Crippen LogP contribution in [0.5, 0.6) is 5.75 Å². The zero-order chi connectivity index (χ0) is 33.1. The maximum atomic E-state index is 14.3. The summed E-state index contributed by atoms with van der Waals surface area (Å²) in [6.45, 7) is 7.64. The number of rotatable bonds is 14. The molecule has 2 atom stereocenters. The fourth-order valence-corrected chi connectivity index (χ4v) is 5.42. The molecule has 0 aliphatic carbocycles. The minimum atomic E-state index is -1.29.